The van der Waals surface area contributed by atoms with Gasteiger partial charge in [0.1, 0.15) is 0 Å². The fourth-order valence-corrected chi connectivity index (χ4v) is 1.79. The van der Waals surface area contributed by atoms with Crippen LogP contribution >= 0.6 is 0 Å². The molecule has 0 heterocycles. The van der Waals surface area contributed by atoms with E-state index in [0.29, 0.717) is 19.6 Å². The van der Waals surface area contributed by atoms with Gasteiger partial charge in [-0.15, -0.1) is 0 Å². The summed E-state index contributed by atoms with van der Waals surface area (Å²) in [7, 11) is 0. The van der Waals surface area contributed by atoms with Crippen molar-refractivity contribution in [2.45, 2.75) is 39.2 Å². The number of amides is 1. The summed E-state index contributed by atoms with van der Waals surface area (Å²) in [5, 5.41) is 9.70. The van der Waals surface area contributed by atoms with Gasteiger partial charge in [0.2, 0.25) is 5.91 Å². The third kappa shape index (κ3) is 2.92. The minimum absolute atomic E-state index is 0.106. The lowest BCUT2D eigenvalue weighted by Crippen LogP contribution is -2.46. The number of nitrogens with zero attached hydrogens (tertiary/aromatic N) is 1. The van der Waals surface area contributed by atoms with Crippen molar-refractivity contribution in [3.8, 4) is 0 Å². The summed E-state index contributed by atoms with van der Waals surface area (Å²) in [4.78, 5) is 13.8. The minimum atomic E-state index is -0.837. The first-order valence-corrected chi connectivity index (χ1v) is 5.56. The van der Waals surface area contributed by atoms with Gasteiger partial charge in [0, 0.05) is 19.6 Å². The van der Waals surface area contributed by atoms with Gasteiger partial charge in [-0.3, -0.25) is 4.79 Å². The Morgan fingerprint density at radius 3 is 2.33 bits per heavy atom. The third-order valence-electron chi connectivity index (χ3n) is 2.94. The average Bonchev–Trinajstić information content (AvgIpc) is 2.92. The maximum Gasteiger partial charge on any atom is 0.230 e. The molecule has 15 heavy (non-hydrogen) atoms. The number of carbonyl (C=O) groups is 1. The highest BCUT2D eigenvalue weighted by molar-refractivity contribution is 5.85. The molecule has 1 amide bonds. The summed E-state index contributed by atoms with van der Waals surface area (Å²) in [5.74, 6) is 0.106. The summed E-state index contributed by atoms with van der Waals surface area (Å²) >= 11 is 0. The van der Waals surface area contributed by atoms with Gasteiger partial charge in [0.15, 0.2) is 0 Å². The van der Waals surface area contributed by atoms with Crippen molar-refractivity contribution in [2.75, 3.05) is 19.6 Å². The number of hydrogen-bond donors (Lipinski definition) is 2. The number of carbonyl (C=O) groups excluding carboxylic acids is 1. The fraction of sp³-hybridized carbons (Fsp3) is 0.909. The lowest BCUT2D eigenvalue weighted by Gasteiger charge is -2.30. The molecule has 3 N–H and O–H groups in total. The van der Waals surface area contributed by atoms with Gasteiger partial charge in [-0.2, -0.15) is 0 Å². The molecule has 0 radical (unpaired) electrons. The van der Waals surface area contributed by atoms with Gasteiger partial charge in [-0.1, -0.05) is 0 Å². The van der Waals surface area contributed by atoms with E-state index in [0.717, 1.165) is 12.8 Å². The average molecular weight is 214 g/mol. The van der Waals surface area contributed by atoms with E-state index >= 15 is 0 Å². The Balaban J connectivity index is 2.63. The first kappa shape index (κ1) is 12.5. The molecule has 4 nitrogen and oxygen atoms in total. The quantitative estimate of drug-likeness (QED) is 0.693. The molecule has 0 unspecified atom stereocenters. The molecule has 0 aromatic carbocycles. The monoisotopic (exact) mass is 214 g/mol. The lowest BCUT2D eigenvalue weighted by atomic mass is 10.0. The molecule has 1 fully saturated rings. The number of nitrogens with two attached hydrogens (primary N) is 1. The van der Waals surface area contributed by atoms with Crippen LogP contribution in [-0.4, -0.2) is 41.1 Å². The standard InChI is InChI=1S/C11H22N2O2/c1-4-13(8-10(2,3)15)9(14)11(7-12)5-6-11/h15H,4-8,12H2,1-3H3. The number of aliphatic hydroxyl groups is 1. The van der Waals surface area contributed by atoms with Crippen LogP contribution in [0.15, 0.2) is 0 Å². The van der Waals surface area contributed by atoms with Crippen LogP contribution in [0, 0.1) is 5.41 Å². The maximum atomic E-state index is 12.1. The van der Waals surface area contributed by atoms with Crippen molar-refractivity contribution in [3.05, 3.63) is 0 Å². The Morgan fingerprint density at radius 1 is 1.53 bits per heavy atom. The zero-order chi connectivity index (χ0) is 11.7. The van der Waals surface area contributed by atoms with Crippen LogP contribution in [0.1, 0.15) is 33.6 Å². The number of rotatable bonds is 5. The predicted octanol–water partition coefficient (Wildman–Crippen LogP) is 0.345. The summed E-state index contributed by atoms with van der Waals surface area (Å²) in [5.41, 5.74) is 4.47. The second kappa shape index (κ2) is 4.10. The van der Waals surface area contributed by atoms with Gasteiger partial charge < -0.3 is 15.7 Å². The summed E-state index contributed by atoms with van der Waals surface area (Å²) in [6, 6.07) is 0. The molecule has 0 atom stereocenters. The van der Waals surface area contributed by atoms with E-state index in [2.05, 4.69) is 0 Å². The van der Waals surface area contributed by atoms with E-state index in [1.807, 2.05) is 6.92 Å². The Morgan fingerprint density at radius 2 is 2.07 bits per heavy atom. The van der Waals surface area contributed by atoms with Crippen LogP contribution in [0.25, 0.3) is 0 Å². The minimum Gasteiger partial charge on any atom is -0.389 e. The molecule has 1 saturated carbocycles. The van der Waals surface area contributed by atoms with Crippen molar-refractivity contribution >= 4 is 5.91 Å². The molecule has 0 aromatic heterocycles. The highest BCUT2D eigenvalue weighted by atomic mass is 16.3. The zero-order valence-corrected chi connectivity index (χ0v) is 9.92. The molecule has 1 rings (SSSR count). The molecule has 0 saturated heterocycles. The summed E-state index contributed by atoms with van der Waals surface area (Å²) < 4.78 is 0. The first-order valence-electron chi connectivity index (χ1n) is 5.56. The molecule has 88 valence electrons. The van der Waals surface area contributed by atoms with E-state index in [-0.39, 0.29) is 11.3 Å². The maximum absolute atomic E-state index is 12.1. The highest BCUT2D eigenvalue weighted by Gasteiger charge is 2.50. The van der Waals surface area contributed by atoms with Crippen LogP contribution in [0.5, 0.6) is 0 Å². The molecule has 0 spiro atoms. The van der Waals surface area contributed by atoms with Crippen molar-refractivity contribution < 1.29 is 9.90 Å². The van der Waals surface area contributed by atoms with Crippen molar-refractivity contribution in [1.82, 2.24) is 4.90 Å². The van der Waals surface area contributed by atoms with E-state index < -0.39 is 5.60 Å². The van der Waals surface area contributed by atoms with Crippen LogP contribution in [-0.2, 0) is 4.79 Å². The second-order valence-electron chi connectivity index (χ2n) is 5.12. The van der Waals surface area contributed by atoms with Gasteiger partial charge >= 0.3 is 0 Å². The van der Waals surface area contributed by atoms with Crippen LogP contribution in [0.2, 0.25) is 0 Å². The molecule has 0 bridgehead atoms. The number of hydrogen-bond acceptors (Lipinski definition) is 3. The van der Waals surface area contributed by atoms with Crippen molar-refractivity contribution in [3.63, 3.8) is 0 Å². The lowest BCUT2D eigenvalue weighted by molar-refractivity contribution is -0.139. The van der Waals surface area contributed by atoms with Crippen molar-refractivity contribution in [1.29, 1.82) is 0 Å². The second-order valence-corrected chi connectivity index (χ2v) is 5.12. The van der Waals surface area contributed by atoms with Crippen LogP contribution in [0.3, 0.4) is 0 Å². The molecule has 0 aromatic rings. The Hall–Kier alpha value is -0.610. The Bertz CT molecular complexity index is 241. The van der Waals surface area contributed by atoms with E-state index in [4.69, 9.17) is 5.73 Å². The third-order valence-corrected chi connectivity index (χ3v) is 2.94. The number of likely N-dealkylation sites (N-methyl/N-ethyl adjacent to an activating group) is 1. The Kier molecular flexibility index (Phi) is 3.41. The van der Waals surface area contributed by atoms with E-state index in [1.165, 1.54) is 0 Å². The first-order chi connectivity index (χ1) is 6.84. The molecule has 1 aliphatic rings. The highest BCUT2D eigenvalue weighted by Crippen LogP contribution is 2.46. The largest absolute Gasteiger partial charge is 0.389 e. The van der Waals surface area contributed by atoms with Gasteiger partial charge in [0.05, 0.1) is 11.0 Å². The molecule has 1 aliphatic carbocycles. The van der Waals surface area contributed by atoms with Gasteiger partial charge in [-0.25, -0.2) is 0 Å². The SMILES string of the molecule is CCN(CC(C)(C)O)C(=O)C1(CN)CC1. The van der Waals surface area contributed by atoms with Crippen LogP contribution in [0.4, 0.5) is 0 Å². The summed E-state index contributed by atoms with van der Waals surface area (Å²) in [6.45, 7) is 6.79. The van der Waals surface area contributed by atoms with Gasteiger partial charge in [0.25, 0.3) is 0 Å². The predicted molar refractivity (Wildman–Crippen MR) is 59.3 cm³/mol. The molecular formula is C11H22N2O2. The van der Waals surface area contributed by atoms with E-state index in [1.54, 1.807) is 18.7 Å². The topological polar surface area (TPSA) is 66.6 Å². The van der Waals surface area contributed by atoms with Crippen molar-refractivity contribution in [2.24, 2.45) is 11.1 Å². The Labute approximate surface area is 91.4 Å². The molecular weight excluding hydrogens is 192 g/mol. The van der Waals surface area contributed by atoms with E-state index in [9.17, 15) is 9.90 Å². The zero-order valence-electron chi connectivity index (χ0n) is 9.92. The summed E-state index contributed by atoms with van der Waals surface area (Å²) in [6.07, 6.45) is 1.79. The fourth-order valence-electron chi connectivity index (χ4n) is 1.79. The van der Waals surface area contributed by atoms with Crippen LogP contribution < -0.4 is 5.73 Å². The molecule has 4 heteroatoms. The normalized spacial score (nSPS) is 18.7. The smallest absolute Gasteiger partial charge is 0.230 e. The van der Waals surface area contributed by atoms with Gasteiger partial charge in [-0.05, 0) is 33.6 Å². The molecule has 0 aliphatic heterocycles.